The molecule has 2 heteroatoms. The van der Waals surface area contributed by atoms with Crippen molar-refractivity contribution in [2.24, 2.45) is 0 Å². The molecule has 0 aliphatic heterocycles. The third-order valence-corrected chi connectivity index (χ3v) is 6.82. The summed E-state index contributed by atoms with van der Waals surface area (Å²) in [6, 6.07) is 42.3. The fourth-order valence-corrected chi connectivity index (χ4v) is 5.15. The van der Waals surface area contributed by atoms with Crippen molar-refractivity contribution in [1.82, 2.24) is 0 Å². The summed E-state index contributed by atoms with van der Waals surface area (Å²) < 4.78 is 0. The van der Waals surface area contributed by atoms with Crippen LogP contribution < -0.4 is 0 Å². The van der Waals surface area contributed by atoms with E-state index in [4.69, 9.17) is 0 Å². The lowest BCUT2D eigenvalue weighted by atomic mass is 9.79. The number of rotatable bonds is 4. The smallest absolute Gasteiger partial charge is 0.120 e. The minimum Gasteiger partial charge on any atom is -0.508 e. The van der Waals surface area contributed by atoms with Crippen LogP contribution in [0.4, 0.5) is 0 Å². The lowest BCUT2D eigenvalue weighted by molar-refractivity contribution is 0.460. The Balaban J connectivity index is 1.65. The normalized spacial score (nSPS) is 11.3. The molecule has 6 rings (SSSR count). The van der Waals surface area contributed by atoms with E-state index in [-0.39, 0.29) is 17.4 Å². The van der Waals surface area contributed by atoms with Crippen LogP contribution in [-0.4, -0.2) is 10.2 Å². The standard InChI is InChI=1S/C33H24O2/c34-29-20-18-24-10-4-6-12-27(24)32(29)31(33-28-13-7-5-11-25(28)19-21-30(33)35)26-16-14-23(15-17-26)22-8-2-1-3-9-22/h1-21,31,34-35H. The monoisotopic (exact) mass is 452 g/mol. The van der Waals surface area contributed by atoms with Gasteiger partial charge in [-0.1, -0.05) is 115 Å². The van der Waals surface area contributed by atoms with Gasteiger partial charge in [-0.2, -0.15) is 0 Å². The predicted octanol–water partition coefficient (Wildman–Crippen LogP) is 8.25. The van der Waals surface area contributed by atoms with Gasteiger partial charge in [0, 0.05) is 17.0 Å². The number of aromatic hydroxyl groups is 2. The van der Waals surface area contributed by atoms with Crippen molar-refractivity contribution in [1.29, 1.82) is 0 Å². The maximum atomic E-state index is 11.2. The summed E-state index contributed by atoms with van der Waals surface area (Å²) >= 11 is 0. The number of phenolic OH excluding ortho intramolecular Hbond substituents is 2. The van der Waals surface area contributed by atoms with Gasteiger partial charge in [-0.15, -0.1) is 0 Å². The Morgan fingerprint density at radius 1 is 0.400 bits per heavy atom. The largest absolute Gasteiger partial charge is 0.508 e. The van der Waals surface area contributed by atoms with E-state index in [0.29, 0.717) is 0 Å². The number of hydrogen-bond acceptors (Lipinski definition) is 2. The summed E-state index contributed by atoms with van der Waals surface area (Å²) in [4.78, 5) is 0. The van der Waals surface area contributed by atoms with Gasteiger partial charge in [0.05, 0.1) is 0 Å². The van der Waals surface area contributed by atoms with Crippen LogP contribution in [0.25, 0.3) is 32.7 Å². The van der Waals surface area contributed by atoms with Crippen molar-refractivity contribution >= 4 is 21.5 Å². The fourth-order valence-electron chi connectivity index (χ4n) is 5.15. The average molecular weight is 453 g/mol. The Morgan fingerprint density at radius 2 is 0.857 bits per heavy atom. The Labute approximate surface area is 204 Å². The maximum absolute atomic E-state index is 11.2. The Hall–Kier alpha value is -4.56. The molecule has 2 nitrogen and oxygen atoms in total. The first kappa shape index (κ1) is 21.0. The number of benzene rings is 6. The molecular weight excluding hydrogens is 428 g/mol. The summed E-state index contributed by atoms with van der Waals surface area (Å²) in [5.74, 6) is 0.0679. The molecule has 0 spiro atoms. The molecule has 6 aromatic carbocycles. The van der Waals surface area contributed by atoms with Crippen LogP contribution in [-0.2, 0) is 0 Å². The van der Waals surface area contributed by atoms with Crippen molar-refractivity contribution < 1.29 is 10.2 Å². The second-order valence-corrected chi connectivity index (χ2v) is 8.86. The van der Waals surface area contributed by atoms with Gasteiger partial charge in [0.1, 0.15) is 11.5 Å². The highest BCUT2D eigenvalue weighted by Crippen LogP contribution is 2.46. The van der Waals surface area contributed by atoms with E-state index in [1.807, 2.05) is 66.7 Å². The quantitative estimate of drug-likeness (QED) is 0.264. The molecule has 2 N–H and O–H groups in total. The first-order valence-corrected chi connectivity index (χ1v) is 11.8. The van der Waals surface area contributed by atoms with E-state index in [2.05, 4.69) is 48.5 Å². The molecule has 0 aromatic heterocycles. The summed E-state index contributed by atoms with van der Waals surface area (Å²) in [5, 5.41) is 26.5. The maximum Gasteiger partial charge on any atom is 0.120 e. The van der Waals surface area contributed by atoms with Gasteiger partial charge >= 0.3 is 0 Å². The van der Waals surface area contributed by atoms with Crippen molar-refractivity contribution in [3.63, 3.8) is 0 Å². The predicted molar refractivity (Wildman–Crippen MR) is 144 cm³/mol. The van der Waals surface area contributed by atoms with E-state index < -0.39 is 0 Å². The van der Waals surface area contributed by atoms with Crippen LogP contribution in [0.3, 0.4) is 0 Å². The molecule has 0 saturated carbocycles. The number of phenols is 2. The van der Waals surface area contributed by atoms with Crippen LogP contribution >= 0.6 is 0 Å². The highest BCUT2D eigenvalue weighted by Gasteiger charge is 2.27. The molecule has 0 heterocycles. The van der Waals surface area contributed by atoms with Gasteiger partial charge in [0.15, 0.2) is 0 Å². The highest BCUT2D eigenvalue weighted by molar-refractivity contribution is 5.93. The van der Waals surface area contributed by atoms with Crippen molar-refractivity contribution in [3.05, 3.63) is 144 Å². The third kappa shape index (κ3) is 3.70. The van der Waals surface area contributed by atoms with Crippen molar-refractivity contribution in [2.45, 2.75) is 5.92 Å². The van der Waals surface area contributed by atoms with Crippen molar-refractivity contribution in [3.8, 4) is 22.6 Å². The lowest BCUT2D eigenvalue weighted by Crippen LogP contribution is -2.06. The zero-order valence-corrected chi connectivity index (χ0v) is 19.1. The molecule has 0 aliphatic rings. The first-order chi connectivity index (χ1) is 17.2. The van der Waals surface area contributed by atoms with Crippen LogP contribution in [0.5, 0.6) is 11.5 Å². The lowest BCUT2D eigenvalue weighted by Gasteiger charge is -2.24. The van der Waals surface area contributed by atoms with E-state index in [1.54, 1.807) is 12.1 Å². The summed E-state index contributed by atoms with van der Waals surface area (Å²) in [6.07, 6.45) is 0. The van der Waals surface area contributed by atoms with Gasteiger partial charge in [-0.05, 0) is 50.4 Å². The fraction of sp³-hybridized carbons (Fsp3) is 0.0303. The Kier molecular flexibility index (Phi) is 5.20. The van der Waals surface area contributed by atoms with E-state index >= 15 is 0 Å². The molecule has 0 aliphatic carbocycles. The van der Waals surface area contributed by atoms with Crippen LogP contribution in [0.2, 0.25) is 0 Å². The van der Waals surface area contributed by atoms with Gasteiger partial charge < -0.3 is 10.2 Å². The molecule has 0 bridgehead atoms. The second kappa shape index (κ2) is 8.66. The van der Waals surface area contributed by atoms with E-state index in [9.17, 15) is 10.2 Å². The van der Waals surface area contributed by atoms with Gasteiger partial charge in [-0.3, -0.25) is 0 Å². The SMILES string of the molecule is Oc1ccc2ccccc2c1C(c1ccc(-c2ccccc2)cc1)c1c(O)ccc2ccccc12. The highest BCUT2D eigenvalue weighted by atomic mass is 16.3. The average Bonchev–Trinajstić information content (AvgIpc) is 2.92. The zero-order valence-electron chi connectivity index (χ0n) is 19.1. The summed E-state index contributed by atoms with van der Waals surface area (Å²) in [5.41, 5.74) is 4.86. The van der Waals surface area contributed by atoms with E-state index in [1.165, 1.54) is 0 Å². The van der Waals surface area contributed by atoms with Crippen LogP contribution in [0.15, 0.2) is 127 Å². The summed E-state index contributed by atoms with van der Waals surface area (Å²) in [7, 11) is 0. The van der Waals surface area contributed by atoms with Crippen LogP contribution in [0.1, 0.15) is 22.6 Å². The minimum atomic E-state index is -0.364. The molecule has 0 fully saturated rings. The van der Waals surface area contributed by atoms with Gasteiger partial charge in [-0.25, -0.2) is 0 Å². The molecule has 0 saturated heterocycles. The Morgan fingerprint density at radius 3 is 1.40 bits per heavy atom. The third-order valence-electron chi connectivity index (χ3n) is 6.82. The molecule has 168 valence electrons. The molecule has 6 aromatic rings. The summed E-state index contributed by atoms with van der Waals surface area (Å²) in [6.45, 7) is 0. The minimum absolute atomic E-state index is 0.216. The van der Waals surface area contributed by atoms with Gasteiger partial charge in [0.2, 0.25) is 0 Å². The van der Waals surface area contributed by atoms with Crippen LogP contribution in [0, 0.1) is 0 Å². The number of hydrogen-bond donors (Lipinski definition) is 2. The van der Waals surface area contributed by atoms with E-state index in [0.717, 1.165) is 49.4 Å². The molecule has 0 radical (unpaired) electrons. The molecular formula is C33H24O2. The Bertz CT molecular complexity index is 1570. The van der Waals surface area contributed by atoms with Crippen molar-refractivity contribution in [2.75, 3.05) is 0 Å². The second-order valence-electron chi connectivity index (χ2n) is 8.86. The zero-order chi connectivity index (χ0) is 23.8. The molecule has 0 amide bonds. The molecule has 0 atom stereocenters. The molecule has 35 heavy (non-hydrogen) atoms. The number of fused-ring (bicyclic) bond motifs is 2. The first-order valence-electron chi connectivity index (χ1n) is 11.8. The van der Waals surface area contributed by atoms with Gasteiger partial charge in [0.25, 0.3) is 0 Å². The molecule has 0 unspecified atom stereocenters. The topological polar surface area (TPSA) is 40.5 Å².